The van der Waals surface area contributed by atoms with E-state index in [1.807, 2.05) is 13.0 Å². The molecule has 0 unspecified atom stereocenters. The van der Waals surface area contributed by atoms with Gasteiger partial charge in [0.1, 0.15) is 12.8 Å². The molecule has 1 aliphatic carbocycles. The molecule has 0 aliphatic heterocycles. The molecule has 21 heavy (non-hydrogen) atoms. The molecule has 0 amide bonds. The van der Waals surface area contributed by atoms with Gasteiger partial charge in [-0.2, -0.15) is 0 Å². The molecule has 0 bridgehead atoms. The fraction of sp³-hybridized carbons (Fsp3) is 0.600. The third-order valence-electron chi connectivity index (χ3n) is 3.64. The van der Waals surface area contributed by atoms with Crippen LogP contribution >= 0.6 is 0 Å². The van der Waals surface area contributed by atoms with Crippen LogP contribution in [-0.4, -0.2) is 32.5 Å². The summed E-state index contributed by atoms with van der Waals surface area (Å²) in [5.41, 5.74) is 3.31. The van der Waals surface area contributed by atoms with E-state index in [1.54, 1.807) is 0 Å². The Morgan fingerprint density at radius 1 is 1.38 bits per heavy atom. The van der Waals surface area contributed by atoms with Crippen molar-refractivity contribution in [2.24, 2.45) is 5.16 Å². The lowest BCUT2D eigenvalue weighted by atomic mass is 9.92. The topological polar surface area (TPSA) is 68.6 Å². The molecule has 0 N–H and O–H groups in total. The van der Waals surface area contributed by atoms with E-state index in [2.05, 4.69) is 10.1 Å². The number of nitrogens with zero attached hydrogens (tertiary/aromatic N) is 2. The minimum atomic E-state index is -3.34. The zero-order chi connectivity index (χ0) is 15.5. The van der Waals surface area contributed by atoms with Crippen molar-refractivity contribution in [1.29, 1.82) is 0 Å². The van der Waals surface area contributed by atoms with Gasteiger partial charge in [0.2, 0.25) is 0 Å². The van der Waals surface area contributed by atoms with Gasteiger partial charge in [0.15, 0.2) is 14.9 Å². The molecule has 1 aromatic heterocycles. The highest BCUT2D eigenvalue weighted by molar-refractivity contribution is 7.90. The van der Waals surface area contributed by atoms with Crippen LogP contribution in [0.4, 0.5) is 0 Å². The largest absolute Gasteiger partial charge is 0.399 e. The lowest BCUT2D eigenvalue weighted by Crippen LogP contribution is -2.16. The Balaban J connectivity index is 2.61. The summed E-state index contributed by atoms with van der Waals surface area (Å²) in [7, 11) is -1.85. The molecule has 2 rings (SSSR count). The summed E-state index contributed by atoms with van der Waals surface area (Å²) in [6.07, 6.45) is 6.63. The summed E-state index contributed by atoms with van der Waals surface area (Å²) in [6, 6.07) is 1.98. The molecular weight excluding hydrogens is 288 g/mol. The summed E-state index contributed by atoms with van der Waals surface area (Å²) < 4.78 is 24.1. The number of sulfone groups is 1. The van der Waals surface area contributed by atoms with Gasteiger partial charge in [-0.1, -0.05) is 18.5 Å². The molecule has 0 spiro atoms. The van der Waals surface area contributed by atoms with Gasteiger partial charge in [-0.3, -0.25) is 0 Å². The van der Waals surface area contributed by atoms with E-state index in [0.717, 1.165) is 43.2 Å². The second-order valence-electron chi connectivity index (χ2n) is 5.40. The average Bonchev–Trinajstić information content (AvgIpc) is 2.45. The number of oxime groups is 1. The maximum Gasteiger partial charge on any atom is 0.193 e. The Morgan fingerprint density at radius 3 is 2.71 bits per heavy atom. The van der Waals surface area contributed by atoms with E-state index in [-0.39, 0.29) is 5.03 Å². The molecule has 0 radical (unpaired) electrons. The predicted octanol–water partition coefficient (Wildman–Crippen LogP) is 2.51. The van der Waals surface area contributed by atoms with Crippen LogP contribution in [0.2, 0.25) is 0 Å². The Kier molecular flexibility index (Phi) is 4.98. The predicted molar refractivity (Wildman–Crippen MR) is 82.4 cm³/mol. The van der Waals surface area contributed by atoms with Gasteiger partial charge in [-0.15, -0.1) is 0 Å². The van der Waals surface area contributed by atoms with E-state index in [0.29, 0.717) is 17.8 Å². The second-order valence-corrected chi connectivity index (χ2v) is 7.33. The van der Waals surface area contributed by atoms with Gasteiger partial charge < -0.3 is 4.84 Å². The van der Waals surface area contributed by atoms with Crippen molar-refractivity contribution in [3.05, 3.63) is 22.9 Å². The SMILES string of the molecule is CCC/C(=N/OC)c1cc2c(c(S(C)(=O)=O)n1)CCCC2. The quantitative estimate of drug-likeness (QED) is 0.619. The number of hydrogen-bond donors (Lipinski definition) is 0. The molecule has 0 saturated carbocycles. The average molecular weight is 310 g/mol. The van der Waals surface area contributed by atoms with Crippen molar-refractivity contribution >= 4 is 15.5 Å². The van der Waals surface area contributed by atoms with E-state index in [9.17, 15) is 8.42 Å². The maximum atomic E-state index is 12.1. The van der Waals surface area contributed by atoms with Crippen molar-refractivity contribution in [1.82, 2.24) is 4.98 Å². The Labute approximate surface area is 126 Å². The van der Waals surface area contributed by atoms with E-state index < -0.39 is 9.84 Å². The molecule has 0 atom stereocenters. The first-order valence-corrected chi connectivity index (χ1v) is 9.19. The zero-order valence-electron chi connectivity index (χ0n) is 12.8. The van der Waals surface area contributed by atoms with Crippen LogP contribution in [0.1, 0.15) is 49.4 Å². The molecule has 0 aromatic carbocycles. The van der Waals surface area contributed by atoms with Crippen LogP contribution in [-0.2, 0) is 27.5 Å². The van der Waals surface area contributed by atoms with Crippen molar-refractivity contribution in [3.8, 4) is 0 Å². The second kappa shape index (κ2) is 6.56. The standard InChI is InChI=1S/C15H22N2O3S/c1-4-7-13(17-20-2)14-10-11-8-5-6-9-12(11)15(16-14)21(3,18)19/h10H,4-9H2,1-3H3/b17-13-. The van der Waals surface area contributed by atoms with Crippen molar-refractivity contribution in [3.63, 3.8) is 0 Å². The first-order valence-electron chi connectivity index (χ1n) is 7.30. The summed E-state index contributed by atoms with van der Waals surface area (Å²) in [5.74, 6) is 0. The van der Waals surface area contributed by atoms with E-state index in [4.69, 9.17) is 4.84 Å². The summed E-state index contributed by atoms with van der Waals surface area (Å²) >= 11 is 0. The highest BCUT2D eigenvalue weighted by Crippen LogP contribution is 2.27. The summed E-state index contributed by atoms with van der Waals surface area (Å²) in [6.45, 7) is 2.04. The summed E-state index contributed by atoms with van der Waals surface area (Å²) in [4.78, 5) is 9.28. The first kappa shape index (κ1) is 15.9. The molecule has 1 aliphatic rings. The molecule has 0 fully saturated rings. The molecule has 5 nitrogen and oxygen atoms in total. The molecule has 0 saturated heterocycles. The molecule has 116 valence electrons. The van der Waals surface area contributed by atoms with Crippen LogP contribution in [0, 0.1) is 0 Å². The summed E-state index contributed by atoms with van der Waals surface area (Å²) in [5, 5.41) is 4.23. The van der Waals surface area contributed by atoms with Crippen LogP contribution < -0.4 is 0 Å². The molecular formula is C15H22N2O3S. The fourth-order valence-electron chi connectivity index (χ4n) is 2.73. The highest BCUT2D eigenvalue weighted by Gasteiger charge is 2.23. The lowest BCUT2D eigenvalue weighted by molar-refractivity contribution is 0.212. The normalized spacial score (nSPS) is 15.7. The van der Waals surface area contributed by atoms with E-state index >= 15 is 0 Å². The van der Waals surface area contributed by atoms with Gasteiger partial charge >= 0.3 is 0 Å². The van der Waals surface area contributed by atoms with Crippen molar-refractivity contribution in [2.45, 2.75) is 50.5 Å². The van der Waals surface area contributed by atoms with Gasteiger partial charge in [0, 0.05) is 6.26 Å². The number of fused-ring (bicyclic) bond motifs is 1. The number of hydrogen-bond acceptors (Lipinski definition) is 5. The molecule has 1 aromatic rings. The van der Waals surface area contributed by atoms with Crippen LogP contribution in [0.15, 0.2) is 16.2 Å². The Bertz CT molecular complexity index is 651. The number of aryl methyl sites for hydroxylation is 1. The van der Waals surface area contributed by atoms with Gasteiger partial charge in [0.25, 0.3) is 0 Å². The van der Waals surface area contributed by atoms with Crippen molar-refractivity contribution < 1.29 is 13.3 Å². The first-order chi connectivity index (χ1) is 9.97. The zero-order valence-corrected chi connectivity index (χ0v) is 13.7. The molecule has 6 heteroatoms. The van der Waals surface area contributed by atoms with Gasteiger partial charge in [-0.05, 0) is 49.3 Å². The number of aromatic nitrogens is 1. The van der Waals surface area contributed by atoms with Crippen LogP contribution in [0.3, 0.4) is 0 Å². The fourth-order valence-corrected chi connectivity index (χ4v) is 3.67. The van der Waals surface area contributed by atoms with E-state index in [1.165, 1.54) is 13.4 Å². The number of pyridine rings is 1. The van der Waals surface area contributed by atoms with Gasteiger partial charge in [-0.25, -0.2) is 13.4 Å². The van der Waals surface area contributed by atoms with Crippen LogP contribution in [0.5, 0.6) is 0 Å². The third-order valence-corrected chi connectivity index (χ3v) is 4.68. The highest BCUT2D eigenvalue weighted by atomic mass is 32.2. The lowest BCUT2D eigenvalue weighted by Gasteiger charge is -2.19. The number of rotatable bonds is 5. The Morgan fingerprint density at radius 2 is 2.10 bits per heavy atom. The minimum Gasteiger partial charge on any atom is -0.399 e. The third kappa shape index (κ3) is 3.61. The smallest absolute Gasteiger partial charge is 0.193 e. The monoisotopic (exact) mass is 310 g/mol. The van der Waals surface area contributed by atoms with Crippen molar-refractivity contribution in [2.75, 3.05) is 13.4 Å². The Hall–Kier alpha value is -1.43. The maximum absolute atomic E-state index is 12.1. The minimum absolute atomic E-state index is 0.217. The van der Waals surface area contributed by atoms with Crippen LogP contribution in [0.25, 0.3) is 0 Å². The van der Waals surface area contributed by atoms with Gasteiger partial charge in [0.05, 0.1) is 5.69 Å². The molecule has 1 heterocycles.